The second kappa shape index (κ2) is 33.0. The number of hydrogen-bond donors (Lipinski definition) is 6. The standard InChI is InChI=1S/C76H97N15O11S/c1-47(2)68(73(95)90-44-58(92)38-63(90)72(94)80-49(4)52-18-20-53(21-19-52)69-50(5)79-46-103-69)65-40-67(85-102-65)100-35-33-87-31-32-88(48(3)41-87)34-36-99-66-37-55(26-29-78-66)91-56-24-25-57(91)43-89(42-56)62-39-61(83-84-70(62)77)59-13-8-9-15-64(59)101-45-51-16-22-54(23-17-51)81-71(93)60(14-10-11-30-86(6)7)82-74(96)76(75(97)98)27-12-28-76/h8-9,13,15-23,26,29,37,39-40,46-49,56-58,60,63,68,92H,10-12,14,24-25,27-28,30-36,38,41-45H2,1-7H3,(H2,77,84)(H,80,94)(H,81,93)(H,82,96)(H,97,98)/t48-,49+,56?,57?,58-,60+,63+,68-/m1/s1. The fraction of sp³-hybridized carbons (Fsp3) is 0.500. The number of rotatable bonds is 31. The zero-order valence-electron chi connectivity index (χ0n) is 59.9. The second-order valence-corrected chi connectivity index (χ2v) is 29.6. The molecule has 3 aromatic carbocycles. The zero-order valence-corrected chi connectivity index (χ0v) is 60.7. The van der Waals surface area contributed by atoms with Crippen LogP contribution in [0.15, 0.2) is 113 Å². The van der Waals surface area contributed by atoms with Crippen LogP contribution in [0.2, 0.25) is 0 Å². The first-order valence-electron chi connectivity index (χ1n) is 36.1. The number of aliphatic carboxylic acids is 1. The summed E-state index contributed by atoms with van der Waals surface area (Å²) < 4.78 is 24.7. The number of thiazole rings is 1. The molecule has 0 radical (unpaired) electrons. The van der Waals surface area contributed by atoms with E-state index in [0.717, 1.165) is 109 Å². The SMILES string of the molecule is Cc1ncsc1-c1ccc([C@H](C)NC(=O)[C@@H]2C[C@@H](O)CN2C(=O)[C@@H](c2cc(OCCN3CCN(CCOc4cc(N5C6CCC5CN(c5cc(-c7ccccc7OCc7ccc(NC(=O)[C@H](CCCCN(C)C)NC(=O)C8(C(=O)O)CCC8)cc7)nnc5N)C6)ccn4)[C@H](C)C3)no2)C(C)C)cc1. The molecule has 1 aliphatic carbocycles. The maximum absolute atomic E-state index is 14.4. The first kappa shape index (κ1) is 73.5. The zero-order chi connectivity index (χ0) is 72.5. The summed E-state index contributed by atoms with van der Waals surface area (Å²) in [7, 11) is 3.95. The smallest absolute Gasteiger partial charge is 0.319 e. The Morgan fingerprint density at radius 1 is 0.835 bits per heavy atom. The van der Waals surface area contributed by atoms with Crippen molar-refractivity contribution < 1.29 is 52.9 Å². The number of aryl methyl sites for hydroxylation is 1. The maximum Gasteiger partial charge on any atom is 0.319 e. The summed E-state index contributed by atoms with van der Waals surface area (Å²) in [5.41, 5.74) is 14.6. The van der Waals surface area contributed by atoms with Crippen molar-refractivity contribution in [3.05, 3.63) is 131 Å². The molecule has 7 aromatic rings. The van der Waals surface area contributed by atoms with Gasteiger partial charge >= 0.3 is 5.97 Å². The number of pyridine rings is 1. The van der Waals surface area contributed by atoms with Crippen LogP contribution >= 0.6 is 11.3 Å². The molecule has 12 rings (SSSR count). The lowest BCUT2D eigenvalue weighted by atomic mass is 9.68. The van der Waals surface area contributed by atoms with Gasteiger partial charge in [0, 0.05) is 112 Å². The second-order valence-electron chi connectivity index (χ2n) is 28.8. The van der Waals surface area contributed by atoms with Crippen LogP contribution in [-0.2, 0) is 30.6 Å². The third kappa shape index (κ3) is 17.4. The van der Waals surface area contributed by atoms with Gasteiger partial charge in [0.1, 0.15) is 49.0 Å². The molecule has 8 heterocycles. The lowest BCUT2D eigenvalue weighted by Gasteiger charge is -2.43. The molecule has 4 amide bonds. The monoisotopic (exact) mass is 1430 g/mol. The van der Waals surface area contributed by atoms with Crippen LogP contribution in [0.3, 0.4) is 0 Å². The van der Waals surface area contributed by atoms with E-state index in [-0.39, 0.29) is 80.2 Å². The number of aliphatic hydroxyl groups excluding tert-OH is 1. The number of amides is 4. The molecule has 4 saturated heterocycles. The molecule has 8 atom stereocenters. The van der Waals surface area contributed by atoms with Crippen molar-refractivity contribution in [3.63, 3.8) is 0 Å². The number of aliphatic hydroxyl groups is 1. The Kier molecular flexibility index (Phi) is 23.5. The summed E-state index contributed by atoms with van der Waals surface area (Å²) >= 11 is 1.59. The average Bonchev–Trinajstić information content (AvgIpc) is 1.76. The number of carboxylic acid groups (broad SMARTS) is 1. The van der Waals surface area contributed by atoms with Crippen molar-refractivity contribution in [1.82, 2.24) is 55.6 Å². The Balaban J connectivity index is 0.580. The molecule has 1 saturated carbocycles. The van der Waals surface area contributed by atoms with E-state index in [0.29, 0.717) is 73.6 Å². The van der Waals surface area contributed by atoms with Gasteiger partial charge in [-0.25, -0.2) is 9.97 Å². The summed E-state index contributed by atoms with van der Waals surface area (Å²) in [4.78, 5) is 90.5. The molecule has 4 aromatic heterocycles. The highest BCUT2D eigenvalue weighted by molar-refractivity contribution is 7.13. The molecular formula is C76H97N15O11S. The van der Waals surface area contributed by atoms with E-state index in [1.54, 1.807) is 29.5 Å². The van der Waals surface area contributed by atoms with E-state index in [1.807, 2.05) is 120 Å². The number of aromatic nitrogens is 5. The number of nitrogens with two attached hydrogens (primary N) is 1. The van der Waals surface area contributed by atoms with E-state index in [4.69, 9.17) is 24.5 Å². The van der Waals surface area contributed by atoms with Crippen LogP contribution in [0.25, 0.3) is 21.7 Å². The number of carboxylic acids is 1. The number of anilines is 4. The number of carbonyl (C=O) groups is 5. The Morgan fingerprint density at radius 2 is 1.58 bits per heavy atom. The highest BCUT2D eigenvalue weighted by atomic mass is 32.1. The number of piperazine rings is 2. The van der Waals surface area contributed by atoms with Crippen molar-refractivity contribution in [3.8, 4) is 39.2 Å². The largest absolute Gasteiger partial charge is 0.488 e. The topological polar surface area (TPSA) is 313 Å². The van der Waals surface area contributed by atoms with Crippen molar-refractivity contribution in [2.45, 2.75) is 147 Å². The van der Waals surface area contributed by atoms with Gasteiger partial charge in [-0.05, 0) is 151 Å². The summed E-state index contributed by atoms with van der Waals surface area (Å²) in [5, 5.41) is 42.7. The van der Waals surface area contributed by atoms with Gasteiger partial charge in [-0.1, -0.05) is 68.8 Å². The molecule has 2 unspecified atom stereocenters. The molecule has 4 aliphatic heterocycles. The van der Waals surface area contributed by atoms with E-state index >= 15 is 0 Å². The van der Waals surface area contributed by atoms with Crippen molar-refractivity contribution in [2.75, 3.05) is 107 Å². The summed E-state index contributed by atoms with van der Waals surface area (Å²) in [6.07, 6.45) is 6.17. The number of fused-ring (bicyclic) bond motifs is 2. The van der Waals surface area contributed by atoms with E-state index in [2.05, 4.69) is 84.8 Å². The fourth-order valence-electron chi connectivity index (χ4n) is 15.0. The van der Waals surface area contributed by atoms with Crippen LogP contribution in [-0.4, -0.2) is 207 Å². The fourth-order valence-corrected chi connectivity index (χ4v) is 15.8. The maximum atomic E-state index is 14.4. The van der Waals surface area contributed by atoms with Gasteiger partial charge in [0.15, 0.2) is 11.6 Å². The lowest BCUT2D eigenvalue weighted by Crippen LogP contribution is -2.55. The number of nitrogens with zero attached hydrogens (tertiary/aromatic N) is 11. The minimum Gasteiger partial charge on any atom is -0.488 e. The number of unbranched alkanes of at least 4 members (excludes halogenated alkanes) is 1. The first-order valence-corrected chi connectivity index (χ1v) is 37.0. The number of likely N-dealkylation sites (tertiary alicyclic amines) is 1. The lowest BCUT2D eigenvalue weighted by molar-refractivity contribution is -0.162. The molecule has 7 N–H and O–H groups in total. The first-order chi connectivity index (χ1) is 49.7. The number of hydrogen-bond acceptors (Lipinski definition) is 22. The number of nitrogen functional groups attached to an aromatic ring is 1. The summed E-state index contributed by atoms with van der Waals surface area (Å²) in [6, 6.07) is 29.4. The van der Waals surface area contributed by atoms with E-state index in [1.165, 1.54) is 4.90 Å². The number of benzene rings is 3. The Morgan fingerprint density at radius 3 is 2.28 bits per heavy atom. The van der Waals surface area contributed by atoms with Gasteiger partial charge < -0.3 is 70.2 Å². The normalized spacial score (nSPS) is 20.5. The van der Waals surface area contributed by atoms with Gasteiger partial charge in [-0.2, -0.15) is 0 Å². The van der Waals surface area contributed by atoms with E-state index < -0.39 is 47.3 Å². The predicted molar refractivity (Wildman–Crippen MR) is 393 cm³/mol. The molecule has 103 heavy (non-hydrogen) atoms. The number of ether oxygens (including phenoxy) is 3. The molecular weight excluding hydrogens is 1330 g/mol. The van der Waals surface area contributed by atoms with Crippen LogP contribution in [0.1, 0.15) is 120 Å². The van der Waals surface area contributed by atoms with Crippen LogP contribution in [0, 0.1) is 18.3 Å². The highest BCUT2D eigenvalue weighted by Gasteiger charge is 2.52. The molecule has 27 heteroatoms. The van der Waals surface area contributed by atoms with Crippen molar-refractivity contribution in [1.29, 1.82) is 0 Å². The van der Waals surface area contributed by atoms with Gasteiger partial charge in [-0.3, -0.25) is 33.8 Å². The highest BCUT2D eigenvalue weighted by Crippen LogP contribution is 2.43. The quantitative estimate of drug-likeness (QED) is 0.0175. The third-order valence-corrected chi connectivity index (χ3v) is 21.9. The predicted octanol–water partition coefficient (Wildman–Crippen LogP) is 8.43. The van der Waals surface area contributed by atoms with Crippen LogP contribution < -0.4 is 45.7 Å². The number of nitrogens with one attached hydrogen (secondary N) is 3. The van der Waals surface area contributed by atoms with Gasteiger partial charge in [0.2, 0.25) is 29.5 Å². The molecule has 548 valence electrons. The number of para-hydroxylation sites is 1. The minimum atomic E-state index is -1.49. The number of carbonyl (C=O) groups excluding carboxylic acids is 4. The Labute approximate surface area is 605 Å². The Bertz CT molecular complexity index is 4060. The molecule has 26 nitrogen and oxygen atoms in total. The van der Waals surface area contributed by atoms with Crippen molar-refractivity contribution in [2.24, 2.45) is 11.3 Å². The molecule has 5 fully saturated rings. The Hall–Kier alpha value is -9.28. The van der Waals surface area contributed by atoms with Gasteiger partial charge in [0.05, 0.1) is 39.6 Å². The molecule has 2 bridgehead atoms. The number of β-amino-alcohol motifs (C(OH)–C–C–N with tert-alkyl or cyclic N) is 1. The summed E-state index contributed by atoms with van der Waals surface area (Å²) in [5.74, 6) is -1.57. The third-order valence-electron chi connectivity index (χ3n) is 21.0. The van der Waals surface area contributed by atoms with E-state index in [9.17, 15) is 34.2 Å². The minimum absolute atomic E-state index is 0.0363. The van der Waals surface area contributed by atoms with Gasteiger partial charge in [0.25, 0.3) is 5.88 Å². The van der Waals surface area contributed by atoms with Crippen LogP contribution in [0.5, 0.6) is 17.5 Å². The van der Waals surface area contributed by atoms with Crippen LogP contribution in [0.4, 0.5) is 22.9 Å². The molecule has 0 spiro atoms. The summed E-state index contributed by atoms with van der Waals surface area (Å²) in [6.45, 7) is 17.3. The van der Waals surface area contributed by atoms with Gasteiger partial charge in [-0.15, -0.1) is 21.5 Å². The molecule has 5 aliphatic rings. The van der Waals surface area contributed by atoms with Crippen molar-refractivity contribution >= 4 is 63.8 Å². The average molecular weight is 1430 g/mol.